The highest BCUT2D eigenvalue weighted by atomic mass is 32.1. The third-order valence-corrected chi connectivity index (χ3v) is 7.13. The lowest BCUT2D eigenvalue weighted by Crippen LogP contribution is -2.40. The van der Waals surface area contributed by atoms with E-state index >= 15 is 0 Å². The van der Waals surface area contributed by atoms with E-state index in [-0.39, 0.29) is 11.9 Å². The van der Waals surface area contributed by atoms with Crippen molar-refractivity contribution < 1.29 is 4.79 Å². The number of amidine groups is 1. The van der Waals surface area contributed by atoms with Gasteiger partial charge in [-0.2, -0.15) is 0 Å². The molecule has 0 bridgehead atoms. The highest BCUT2D eigenvalue weighted by Crippen LogP contribution is 2.26. The molecule has 0 radical (unpaired) electrons. The first-order chi connectivity index (χ1) is 15.9. The molecule has 2 aromatic rings. The molecule has 1 amide bonds. The van der Waals surface area contributed by atoms with Crippen LogP contribution >= 0.6 is 11.3 Å². The van der Waals surface area contributed by atoms with E-state index in [0.29, 0.717) is 24.4 Å². The second kappa shape index (κ2) is 10.4. The fraction of sp³-hybridized carbons (Fsp3) is 0.500. The summed E-state index contributed by atoms with van der Waals surface area (Å²) in [5.41, 5.74) is 0.886. The number of carbonyl (C=O) groups excluding carboxylic acids is 1. The van der Waals surface area contributed by atoms with Crippen molar-refractivity contribution in [1.29, 1.82) is 0 Å². The standard InChI is InChI=1S/C24H33N7OS/c1-5-22(32)31-10-8-18(14-31)27-20-11-17(13-26-16(4)15(2)3)12-21(29-20)30-24-28-19-7-6-9-25-23(19)33-24/h5-7,9,12,15-18,26H,1,8,10-11,13-14H2,2-4H3,(H,27,29)(H,28,30)/t16-,17?,18?/m0/s1. The normalized spacial score (nSPS) is 23.0. The summed E-state index contributed by atoms with van der Waals surface area (Å²) < 4.78 is 0. The third-order valence-electron chi connectivity index (χ3n) is 6.23. The Kier molecular flexibility index (Phi) is 7.39. The zero-order valence-corrected chi connectivity index (χ0v) is 20.4. The van der Waals surface area contributed by atoms with Crippen LogP contribution in [-0.4, -0.2) is 58.3 Å². The molecule has 2 unspecified atom stereocenters. The van der Waals surface area contributed by atoms with Gasteiger partial charge in [0, 0.05) is 44.2 Å². The molecule has 1 fully saturated rings. The van der Waals surface area contributed by atoms with E-state index in [2.05, 4.69) is 59.3 Å². The van der Waals surface area contributed by atoms with Gasteiger partial charge >= 0.3 is 0 Å². The van der Waals surface area contributed by atoms with Gasteiger partial charge in [-0.25, -0.2) is 9.97 Å². The molecule has 33 heavy (non-hydrogen) atoms. The highest BCUT2D eigenvalue weighted by molar-refractivity contribution is 7.21. The molecule has 0 saturated carbocycles. The monoisotopic (exact) mass is 467 g/mol. The second-order valence-corrected chi connectivity index (χ2v) is 10.1. The Morgan fingerprint density at radius 1 is 1.45 bits per heavy atom. The van der Waals surface area contributed by atoms with E-state index in [9.17, 15) is 4.79 Å². The van der Waals surface area contributed by atoms with Gasteiger partial charge in [-0.1, -0.05) is 31.8 Å². The minimum absolute atomic E-state index is 0.0225. The van der Waals surface area contributed by atoms with E-state index in [4.69, 9.17) is 4.99 Å². The van der Waals surface area contributed by atoms with E-state index < -0.39 is 0 Å². The molecule has 2 aliphatic rings. The summed E-state index contributed by atoms with van der Waals surface area (Å²) in [6, 6.07) is 4.41. The Hall–Kier alpha value is -2.78. The SMILES string of the molecule is C=CC(=O)N1CCC(N=C2CC(CN[C@@H](C)C(C)C)C=C(Nc3nc4cccnc4s3)N2)C1. The van der Waals surface area contributed by atoms with Crippen LogP contribution < -0.4 is 16.0 Å². The molecule has 9 heteroatoms. The van der Waals surface area contributed by atoms with Crippen LogP contribution in [0.25, 0.3) is 10.3 Å². The van der Waals surface area contributed by atoms with Crippen LogP contribution in [0.1, 0.15) is 33.6 Å². The Morgan fingerprint density at radius 3 is 3.06 bits per heavy atom. The lowest BCUT2D eigenvalue weighted by atomic mass is 9.99. The van der Waals surface area contributed by atoms with Crippen LogP contribution in [0.2, 0.25) is 0 Å². The number of rotatable bonds is 8. The van der Waals surface area contributed by atoms with Crippen LogP contribution in [0.4, 0.5) is 5.13 Å². The van der Waals surface area contributed by atoms with Crippen molar-refractivity contribution in [2.24, 2.45) is 16.8 Å². The van der Waals surface area contributed by atoms with Crippen molar-refractivity contribution in [3.63, 3.8) is 0 Å². The zero-order valence-electron chi connectivity index (χ0n) is 19.5. The summed E-state index contributed by atoms with van der Waals surface area (Å²) in [4.78, 5) is 28.7. The van der Waals surface area contributed by atoms with Crippen molar-refractivity contribution in [3.8, 4) is 0 Å². The first-order valence-corrected chi connectivity index (χ1v) is 12.4. The number of nitrogens with zero attached hydrogens (tertiary/aromatic N) is 4. The van der Waals surface area contributed by atoms with Crippen molar-refractivity contribution in [3.05, 3.63) is 42.9 Å². The Bertz CT molecular complexity index is 1030. The Morgan fingerprint density at radius 2 is 2.30 bits per heavy atom. The first kappa shape index (κ1) is 23.4. The molecule has 3 atom stereocenters. The highest BCUT2D eigenvalue weighted by Gasteiger charge is 2.27. The summed E-state index contributed by atoms with van der Waals surface area (Å²) in [5, 5.41) is 11.4. The van der Waals surface area contributed by atoms with Gasteiger partial charge in [-0.3, -0.25) is 9.79 Å². The van der Waals surface area contributed by atoms with E-state index in [1.807, 2.05) is 17.0 Å². The maximum absolute atomic E-state index is 11.9. The smallest absolute Gasteiger partial charge is 0.246 e. The molecular weight excluding hydrogens is 434 g/mol. The quantitative estimate of drug-likeness (QED) is 0.516. The van der Waals surface area contributed by atoms with Gasteiger partial charge in [0.05, 0.1) is 6.04 Å². The van der Waals surface area contributed by atoms with Gasteiger partial charge in [-0.05, 0) is 43.5 Å². The number of amides is 1. The Labute approximate surface area is 199 Å². The largest absolute Gasteiger partial charge is 0.337 e. The number of thiazole rings is 1. The van der Waals surface area contributed by atoms with Gasteiger partial charge in [0.15, 0.2) is 5.13 Å². The number of aromatic nitrogens is 2. The molecule has 8 nitrogen and oxygen atoms in total. The number of likely N-dealkylation sites (tertiary alicyclic amines) is 1. The fourth-order valence-electron chi connectivity index (χ4n) is 3.99. The van der Waals surface area contributed by atoms with Crippen molar-refractivity contribution >= 4 is 38.6 Å². The minimum atomic E-state index is -0.0225. The molecule has 2 aromatic heterocycles. The molecule has 4 heterocycles. The molecule has 2 aliphatic heterocycles. The van der Waals surface area contributed by atoms with Gasteiger partial charge in [-0.15, -0.1) is 0 Å². The van der Waals surface area contributed by atoms with Crippen LogP contribution in [0.5, 0.6) is 0 Å². The number of fused-ring (bicyclic) bond motifs is 1. The van der Waals surface area contributed by atoms with Crippen LogP contribution in [0.3, 0.4) is 0 Å². The number of hydrogen-bond donors (Lipinski definition) is 3. The number of pyridine rings is 1. The predicted molar refractivity (Wildman–Crippen MR) is 135 cm³/mol. The molecule has 4 rings (SSSR count). The summed E-state index contributed by atoms with van der Waals surface area (Å²) in [6.07, 6.45) is 7.08. The van der Waals surface area contributed by atoms with Crippen LogP contribution in [-0.2, 0) is 4.79 Å². The van der Waals surface area contributed by atoms with Crippen LogP contribution in [0.15, 0.2) is 47.9 Å². The Balaban J connectivity index is 1.49. The summed E-state index contributed by atoms with van der Waals surface area (Å²) >= 11 is 1.53. The molecule has 0 aliphatic carbocycles. The number of carbonyl (C=O) groups is 1. The average Bonchev–Trinajstić information content (AvgIpc) is 3.43. The molecule has 3 N–H and O–H groups in total. The first-order valence-electron chi connectivity index (χ1n) is 11.6. The predicted octanol–water partition coefficient (Wildman–Crippen LogP) is 3.37. The van der Waals surface area contributed by atoms with Gasteiger partial charge in [0.2, 0.25) is 5.91 Å². The molecular formula is C24H33N7OS. The summed E-state index contributed by atoms with van der Waals surface area (Å²) in [7, 11) is 0. The van der Waals surface area contributed by atoms with E-state index in [1.54, 1.807) is 6.20 Å². The molecule has 176 valence electrons. The van der Waals surface area contributed by atoms with E-state index in [1.165, 1.54) is 17.4 Å². The molecule has 0 aromatic carbocycles. The average molecular weight is 468 g/mol. The topological polar surface area (TPSA) is 94.5 Å². The minimum Gasteiger partial charge on any atom is -0.337 e. The van der Waals surface area contributed by atoms with Crippen molar-refractivity contribution in [1.82, 2.24) is 25.5 Å². The van der Waals surface area contributed by atoms with E-state index in [0.717, 1.165) is 53.1 Å². The third kappa shape index (κ3) is 5.97. The zero-order chi connectivity index (χ0) is 23.4. The van der Waals surface area contributed by atoms with Gasteiger partial charge in [0.25, 0.3) is 0 Å². The maximum atomic E-state index is 11.9. The summed E-state index contributed by atoms with van der Waals surface area (Å²) in [5.74, 6) is 2.68. The van der Waals surface area contributed by atoms with Crippen LogP contribution in [0, 0.1) is 11.8 Å². The number of aliphatic imine (C=N–C) groups is 1. The van der Waals surface area contributed by atoms with Gasteiger partial charge in [0.1, 0.15) is 22.0 Å². The maximum Gasteiger partial charge on any atom is 0.246 e. The molecule has 1 saturated heterocycles. The molecule has 0 spiro atoms. The number of nitrogens with one attached hydrogen (secondary N) is 3. The fourth-order valence-corrected chi connectivity index (χ4v) is 4.81. The number of hydrogen-bond acceptors (Lipinski definition) is 7. The second-order valence-electron chi connectivity index (χ2n) is 9.09. The number of anilines is 1. The lowest BCUT2D eigenvalue weighted by Gasteiger charge is -2.27. The lowest BCUT2D eigenvalue weighted by molar-refractivity contribution is -0.125. The van der Waals surface area contributed by atoms with Crippen molar-refractivity contribution in [2.45, 2.75) is 45.7 Å². The summed E-state index contributed by atoms with van der Waals surface area (Å²) in [6.45, 7) is 12.5. The van der Waals surface area contributed by atoms with Gasteiger partial charge < -0.3 is 20.9 Å². The van der Waals surface area contributed by atoms with Crippen molar-refractivity contribution in [2.75, 3.05) is 25.0 Å².